The number of carbonyl (C=O) groups is 1. The molecule has 1 aromatic carbocycles. The second-order valence-electron chi connectivity index (χ2n) is 6.27. The molecule has 5 heteroatoms. The molecule has 0 aliphatic carbocycles. The van der Waals surface area contributed by atoms with Crippen molar-refractivity contribution in [3.8, 4) is 5.75 Å². The largest absolute Gasteiger partial charge is 0.480 e. The van der Waals surface area contributed by atoms with Crippen molar-refractivity contribution >= 4 is 17.5 Å². The summed E-state index contributed by atoms with van der Waals surface area (Å²) in [6.45, 7) is 1.65. The van der Waals surface area contributed by atoms with Gasteiger partial charge in [-0.25, -0.2) is 0 Å². The lowest BCUT2D eigenvalue weighted by molar-refractivity contribution is -0.138. The quantitative estimate of drug-likeness (QED) is 0.863. The fourth-order valence-electron chi connectivity index (χ4n) is 3.70. The summed E-state index contributed by atoms with van der Waals surface area (Å²) in [7, 11) is 0. The highest BCUT2D eigenvalue weighted by Gasteiger charge is 2.36. The Bertz CT molecular complexity index is 577. The number of amides is 1. The minimum atomic E-state index is -0.380. The van der Waals surface area contributed by atoms with E-state index in [1.807, 2.05) is 23.1 Å². The Morgan fingerprint density at radius 2 is 2.14 bits per heavy atom. The highest BCUT2D eigenvalue weighted by Crippen LogP contribution is 2.32. The van der Waals surface area contributed by atoms with Crippen LogP contribution in [0.1, 0.15) is 24.8 Å². The molecule has 3 atom stereocenters. The molecule has 4 rings (SSSR count). The van der Waals surface area contributed by atoms with Gasteiger partial charge in [-0.1, -0.05) is 11.6 Å². The summed E-state index contributed by atoms with van der Waals surface area (Å²) in [6.07, 6.45) is 3.72. The Hall–Kier alpha value is -1.26. The molecule has 0 radical (unpaired) electrons. The maximum absolute atomic E-state index is 12.7. The third-order valence-electron chi connectivity index (χ3n) is 4.81. The van der Waals surface area contributed by atoms with E-state index < -0.39 is 0 Å². The van der Waals surface area contributed by atoms with Gasteiger partial charge in [-0.05, 0) is 43.0 Å². The first-order chi connectivity index (χ1) is 10.2. The van der Waals surface area contributed by atoms with E-state index in [1.54, 1.807) is 0 Å². The van der Waals surface area contributed by atoms with E-state index in [1.165, 1.54) is 12.8 Å². The summed E-state index contributed by atoms with van der Waals surface area (Å²) in [5, 5.41) is 4.30. The molecule has 3 aliphatic heterocycles. The number of nitrogens with one attached hydrogen (secondary N) is 1. The van der Waals surface area contributed by atoms with Gasteiger partial charge in [0, 0.05) is 36.6 Å². The summed E-state index contributed by atoms with van der Waals surface area (Å²) in [4.78, 5) is 14.7. The molecule has 3 unspecified atom stereocenters. The van der Waals surface area contributed by atoms with Gasteiger partial charge >= 0.3 is 0 Å². The second kappa shape index (κ2) is 5.18. The lowest BCUT2D eigenvalue weighted by Crippen LogP contribution is -2.45. The zero-order chi connectivity index (χ0) is 14.4. The monoisotopic (exact) mass is 306 g/mol. The Labute approximate surface area is 129 Å². The summed E-state index contributed by atoms with van der Waals surface area (Å²) < 4.78 is 5.83. The first kappa shape index (κ1) is 13.4. The van der Waals surface area contributed by atoms with Crippen LogP contribution in [0, 0.1) is 0 Å². The summed E-state index contributed by atoms with van der Waals surface area (Å²) >= 11 is 6.00. The van der Waals surface area contributed by atoms with Crippen molar-refractivity contribution in [1.29, 1.82) is 0 Å². The summed E-state index contributed by atoms with van der Waals surface area (Å²) in [5.41, 5.74) is 1.04. The molecule has 1 amide bonds. The molecule has 3 aliphatic rings. The van der Waals surface area contributed by atoms with Crippen molar-refractivity contribution < 1.29 is 9.53 Å². The minimum absolute atomic E-state index is 0.122. The number of likely N-dealkylation sites (tertiary alicyclic amines) is 1. The SMILES string of the molecule is O=C(C1Cc2cc(Cl)ccc2O1)N1CCC2CCC(C1)N2. The number of fused-ring (bicyclic) bond motifs is 3. The van der Waals surface area contributed by atoms with E-state index in [4.69, 9.17) is 16.3 Å². The molecule has 0 saturated carbocycles. The number of nitrogens with zero attached hydrogens (tertiary/aromatic N) is 1. The van der Waals surface area contributed by atoms with Crippen molar-refractivity contribution in [1.82, 2.24) is 10.2 Å². The first-order valence-electron chi connectivity index (χ1n) is 7.69. The zero-order valence-corrected chi connectivity index (χ0v) is 12.6. The Balaban J connectivity index is 1.46. The molecular formula is C16H19ClN2O2. The molecule has 112 valence electrons. The molecule has 2 saturated heterocycles. The van der Waals surface area contributed by atoms with Crippen LogP contribution in [0.2, 0.25) is 5.02 Å². The summed E-state index contributed by atoms with van der Waals surface area (Å²) in [5.74, 6) is 0.920. The van der Waals surface area contributed by atoms with Gasteiger partial charge in [0.25, 0.3) is 5.91 Å². The lowest BCUT2D eigenvalue weighted by Gasteiger charge is -2.26. The Kier molecular flexibility index (Phi) is 3.31. The minimum Gasteiger partial charge on any atom is -0.480 e. The fourth-order valence-corrected chi connectivity index (χ4v) is 3.90. The number of ether oxygens (including phenoxy) is 1. The van der Waals surface area contributed by atoms with Crippen LogP contribution >= 0.6 is 11.6 Å². The average molecular weight is 307 g/mol. The molecule has 1 aromatic rings. The molecular weight excluding hydrogens is 288 g/mol. The standard InChI is InChI=1S/C16H19ClN2O2/c17-11-1-4-14-10(7-11)8-15(21-14)16(20)19-6-5-12-2-3-13(9-19)18-12/h1,4,7,12-13,15,18H,2-3,5-6,8-9H2. The molecule has 4 nitrogen and oxygen atoms in total. The molecule has 21 heavy (non-hydrogen) atoms. The molecule has 2 fully saturated rings. The Morgan fingerprint density at radius 1 is 1.29 bits per heavy atom. The van der Waals surface area contributed by atoms with Crippen LogP contribution in [0.15, 0.2) is 18.2 Å². The van der Waals surface area contributed by atoms with Crippen LogP contribution in [-0.2, 0) is 11.2 Å². The van der Waals surface area contributed by atoms with E-state index in [2.05, 4.69) is 5.32 Å². The van der Waals surface area contributed by atoms with Gasteiger partial charge in [-0.15, -0.1) is 0 Å². The fraction of sp³-hybridized carbons (Fsp3) is 0.562. The smallest absolute Gasteiger partial charge is 0.264 e. The number of benzene rings is 1. The van der Waals surface area contributed by atoms with Crippen molar-refractivity contribution in [2.45, 2.75) is 43.9 Å². The maximum Gasteiger partial charge on any atom is 0.264 e. The maximum atomic E-state index is 12.7. The first-order valence-corrected chi connectivity index (χ1v) is 8.07. The second-order valence-corrected chi connectivity index (χ2v) is 6.71. The number of halogens is 1. The number of hydrogen-bond acceptors (Lipinski definition) is 3. The topological polar surface area (TPSA) is 41.6 Å². The Morgan fingerprint density at radius 3 is 3.05 bits per heavy atom. The van der Waals surface area contributed by atoms with Gasteiger partial charge < -0.3 is 15.0 Å². The van der Waals surface area contributed by atoms with Crippen molar-refractivity contribution in [3.63, 3.8) is 0 Å². The highest BCUT2D eigenvalue weighted by molar-refractivity contribution is 6.30. The number of carbonyl (C=O) groups excluding carboxylic acids is 1. The normalized spacial score (nSPS) is 30.7. The third kappa shape index (κ3) is 2.51. The highest BCUT2D eigenvalue weighted by atomic mass is 35.5. The summed E-state index contributed by atoms with van der Waals surface area (Å²) in [6, 6.07) is 6.61. The van der Waals surface area contributed by atoms with E-state index in [0.29, 0.717) is 23.5 Å². The molecule has 3 heterocycles. The molecule has 0 spiro atoms. The van der Waals surface area contributed by atoms with Gasteiger partial charge in [0.15, 0.2) is 6.10 Å². The zero-order valence-electron chi connectivity index (χ0n) is 11.8. The average Bonchev–Trinajstić information content (AvgIpc) is 3.01. The predicted molar refractivity (Wildman–Crippen MR) is 80.7 cm³/mol. The molecule has 0 aromatic heterocycles. The van der Waals surface area contributed by atoms with E-state index in [9.17, 15) is 4.79 Å². The number of hydrogen-bond donors (Lipinski definition) is 1. The number of rotatable bonds is 1. The lowest BCUT2D eigenvalue weighted by atomic mass is 10.1. The molecule has 1 N–H and O–H groups in total. The van der Waals surface area contributed by atoms with E-state index >= 15 is 0 Å². The van der Waals surface area contributed by atoms with Gasteiger partial charge in [0.05, 0.1) is 0 Å². The van der Waals surface area contributed by atoms with Crippen LogP contribution in [-0.4, -0.2) is 42.1 Å². The predicted octanol–water partition coefficient (Wildman–Crippen LogP) is 2.00. The van der Waals surface area contributed by atoms with Crippen LogP contribution < -0.4 is 10.1 Å². The van der Waals surface area contributed by atoms with Gasteiger partial charge in [0.1, 0.15) is 5.75 Å². The molecule has 2 bridgehead atoms. The van der Waals surface area contributed by atoms with Crippen molar-refractivity contribution in [3.05, 3.63) is 28.8 Å². The van der Waals surface area contributed by atoms with Crippen LogP contribution in [0.25, 0.3) is 0 Å². The third-order valence-corrected chi connectivity index (χ3v) is 5.04. The van der Waals surface area contributed by atoms with Crippen LogP contribution in [0.3, 0.4) is 0 Å². The van der Waals surface area contributed by atoms with E-state index in [0.717, 1.165) is 30.8 Å². The van der Waals surface area contributed by atoms with Crippen LogP contribution in [0.5, 0.6) is 5.75 Å². The van der Waals surface area contributed by atoms with Crippen molar-refractivity contribution in [2.75, 3.05) is 13.1 Å². The van der Waals surface area contributed by atoms with E-state index in [-0.39, 0.29) is 12.0 Å². The van der Waals surface area contributed by atoms with Gasteiger partial charge in [-0.3, -0.25) is 4.79 Å². The van der Waals surface area contributed by atoms with Crippen LogP contribution in [0.4, 0.5) is 0 Å². The van der Waals surface area contributed by atoms with Gasteiger partial charge in [0.2, 0.25) is 0 Å². The van der Waals surface area contributed by atoms with Gasteiger partial charge in [-0.2, -0.15) is 0 Å². The van der Waals surface area contributed by atoms with Crippen molar-refractivity contribution in [2.24, 2.45) is 0 Å².